The molecule has 1 aliphatic rings. The lowest BCUT2D eigenvalue weighted by atomic mass is 10.0. The third kappa shape index (κ3) is 15.7. The van der Waals surface area contributed by atoms with Crippen molar-refractivity contribution in [3.05, 3.63) is 201 Å². The van der Waals surface area contributed by atoms with Crippen molar-refractivity contribution in [2.45, 2.75) is 26.7 Å². The van der Waals surface area contributed by atoms with Gasteiger partial charge in [0.15, 0.2) is 12.1 Å². The van der Waals surface area contributed by atoms with E-state index in [-0.39, 0.29) is 60.6 Å². The average molecular weight is 1090 g/mol. The second-order valence-electron chi connectivity index (χ2n) is 15.3. The number of nitrogens with zero attached hydrogens (tertiary/aromatic N) is 2. The smallest absolute Gasteiger partial charge is 0.379 e. The number of esters is 1. The molecule has 7 aromatic rings. The standard InChI is InChI=1S/C23H21O3P.C16H9Cl2F2NO2.C12H5Cl2F2NO.C4H8O/c1-2-26-23(25)22(24)18-27(19-12-6-3-7-13-19,20-14-8-4-9-15-20)21-16-10-5-11-17-21;1-8(22)14(23)5-4-11-12(7-15(17)21-16(11)18)10-3-2-9(19)6-13(10)20;13-11-4-8(9(5-18)12(14)17-11)7-2-1-6(15)3-10(7)16;1-2-4-5-3-1/h3-18H,2H2,1H3;2-7H,1H3;1-5H;1-4H2/b;5-4+;;. The molecule has 0 unspecified atom stereocenters. The molecule has 0 spiro atoms. The highest BCUT2D eigenvalue weighted by Crippen LogP contribution is 2.43. The molecular formula is C55H43Cl4F4N2O7P. The van der Waals surface area contributed by atoms with Crippen LogP contribution in [0.3, 0.4) is 0 Å². The minimum Gasteiger partial charge on any atom is -0.460 e. The number of aromatic nitrogens is 2. The third-order valence-electron chi connectivity index (χ3n) is 10.4. The number of hydrogen-bond donors (Lipinski definition) is 0. The summed E-state index contributed by atoms with van der Waals surface area (Å²) >= 11 is 23.3. The Kier molecular flexibility index (Phi) is 22.0. The molecule has 8 rings (SSSR count). The number of carbonyl (C=O) groups excluding carboxylic acids is 5. The van der Waals surface area contributed by atoms with E-state index in [9.17, 15) is 41.5 Å². The van der Waals surface area contributed by atoms with Gasteiger partial charge in [-0.25, -0.2) is 32.3 Å². The Morgan fingerprint density at radius 1 is 0.603 bits per heavy atom. The maximum Gasteiger partial charge on any atom is 0.379 e. The lowest BCUT2D eigenvalue weighted by Crippen LogP contribution is -2.30. The summed E-state index contributed by atoms with van der Waals surface area (Å²) in [6.45, 7) is 2.52. The van der Waals surface area contributed by atoms with E-state index in [2.05, 4.69) is 9.97 Å². The Morgan fingerprint density at radius 3 is 1.40 bits per heavy atom. The van der Waals surface area contributed by atoms with Gasteiger partial charge >= 0.3 is 5.97 Å². The lowest BCUT2D eigenvalue weighted by Gasteiger charge is -2.28. The molecule has 0 saturated carbocycles. The first-order valence-electron chi connectivity index (χ1n) is 22.0. The van der Waals surface area contributed by atoms with Gasteiger partial charge < -0.3 is 9.47 Å². The van der Waals surface area contributed by atoms with Crippen LogP contribution in [0.15, 0.2) is 146 Å². The number of benzene rings is 5. The Bertz CT molecular complexity index is 3070. The number of Topliss-reactive ketones (excluding diaryl/α,β-unsaturated/α-hetero) is 2. The molecule has 1 saturated heterocycles. The van der Waals surface area contributed by atoms with Crippen LogP contribution in [0.25, 0.3) is 28.3 Å². The molecular weight excluding hydrogens is 1050 g/mol. The van der Waals surface area contributed by atoms with Crippen LogP contribution in [-0.4, -0.2) is 65.2 Å². The van der Waals surface area contributed by atoms with Crippen molar-refractivity contribution in [3.8, 4) is 22.3 Å². The summed E-state index contributed by atoms with van der Waals surface area (Å²) in [4.78, 5) is 65.7. The Hall–Kier alpha value is -6.57. The van der Waals surface area contributed by atoms with Gasteiger partial charge in [0.05, 0.1) is 12.2 Å². The van der Waals surface area contributed by atoms with Gasteiger partial charge in [-0.15, -0.1) is 0 Å². The minimum absolute atomic E-state index is 0.00349. The Morgan fingerprint density at radius 2 is 1.03 bits per heavy atom. The van der Waals surface area contributed by atoms with E-state index in [1.165, 1.54) is 43.2 Å². The van der Waals surface area contributed by atoms with Crippen LogP contribution in [0, 0.1) is 23.3 Å². The number of aldehydes is 1. The fraction of sp³-hybridized carbons (Fsp3) is 0.127. The van der Waals surface area contributed by atoms with Gasteiger partial charge in [0, 0.05) is 60.3 Å². The molecule has 3 heterocycles. The van der Waals surface area contributed by atoms with Crippen molar-refractivity contribution < 1.29 is 51.0 Å². The number of halogens is 8. The predicted octanol–water partition coefficient (Wildman–Crippen LogP) is 12.4. The molecule has 0 aliphatic carbocycles. The first kappa shape index (κ1) is 57.3. The maximum atomic E-state index is 14.0. The molecule has 2 aromatic heterocycles. The van der Waals surface area contributed by atoms with E-state index in [1.54, 1.807) is 12.7 Å². The highest BCUT2D eigenvalue weighted by molar-refractivity contribution is 7.95. The first-order chi connectivity index (χ1) is 35.0. The molecule has 1 fully saturated rings. The zero-order valence-corrected chi connectivity index (χ0v) is 42.8. The highest BCUT2D eigenvalue weighted by Gasteiger charge is 2.28. The van der Waals surface area contributed by atoms with Gasteiger partial charge in [-0.05, 0) is 96.7 Å². The zero-order valence-electron chi connectivity index (χ0n) is 38.8. The number of carbonyl (C=O) groups is 5. The monoisotopic (exact) mass is 1090 g/mol. The normalized spacial score (nSPS) is 11.7. The van der Waals surface area contributed by atoms with Crippen molar-refractivity contribution in [3.63, 3.8) is 0 Å². The summed E-state index contributed by atoms with van der Waals surface area (Å²) in [5.74, 6) is -4.32. The zero-order chi connectivity index (χ0) is 53.1. The van der Waals surface area contributed by atoms with Crippen molar-refractivity contribution in [1.82, 2.24) is 9.97 Å². The fourth-order valence-corrected chi connectivity index (χ4v) is 11.7. The molecule has 0 radical (unpaired) electrons. The molecule has 73 heavy (non-hydrogen) atoms. The van der Waals surface area contributed by atoms with E-state index in [4.69, 9.17) is 55.9 Å². The number of rotatable bonds is 12. The van der Waals surface area contributed by atoms with Crippen LogP contribution in [-0.2, 0) is 28.7 Å². The Labute approximate surface area is 438 Å². The summed E-state index contributed by atoms with van der Waals surface area (Å²) < 4.78 is 63.5. The molecule has 376 valence electrons. The van der Waals surface area contributed by atoms with Gasteiger partial charge in [0.2, 0.25) is 5.78 Å². The number of ketones is 3. The van der Waals surface area contributed by atoms with Crippen molar-refractivity contribution in [2.24, 2.45) is 0 Å². The molecule has 0 N–H and O–H groups in total. The first-order valence-corrected chi connectivity index (χ1v) is 25.4. The molecule has 0 amide bonds. The van der Waals surface area contributed by atoms with E-state index in [0.717, 1.165) is 54.3 Å². The van der Waals surface area contributed by atoms with Gasteiger partial charge in [-0.3, -0.25) is 19.2 Å². The summed E-state index contributed by atoms with van der Waals surface area (Å²) in [5.41, 5.74) is 0.660. The SMILES string of the molecule is C1CCOC1.CC(=O)C(=O)/C=C/c1c(-c2ccc(F)cc2F)cc(Cl)nc1Cl.CCOC(=O)C(=O)C=P(c1ccccc1)(c1ccccc1)c1ccccc1.O=Cc1c(-c2ccc(F)cc2F)cc(Cl)nc1Cl. The van der Waals surface area contributed by atoms with Gasteiger partial charge in [-0.1, -0.05) is 137 Å². The largest absolute Gasteiger partial charge is 0.460 e. The minimum atomic E-state index is -2.46. The topological polar surface area (TPSA) is 130 Å². The number of allylic oxidation sites excluding steroid dienone is 1. The van der Waals surface area contributed by atoms with Crippen LogP contribution >= 0.6 is 53.3 Å². The third-order valence-corrected chi connectivity index (χ3v) is 15.3. The van der Waals surface area contributed by atoms with Gasteiger partial charge in [0.1, 0.15) is 43.9 Å². The van der Waals surface area contributed by atoms with Crippen LogP contribution < -0.4 is 15.9 Å². The van der Waals surface area contributed by atoms with Gasteiger partial charge in [0.25, 0.3) is 5.78 Å². The van der Waals surface area contributed by atoms with Crippen LogP contribution in [0.2, 0.25) is 20.6 Å². The van der Waals surface area contributed by atoms with Gasteiger partial charge in [-0.2, -0.15) is 0 Å². The van der Waals surface area contributed by atoms with Crippen LogP contribution in [0.4, 0.5) is 17.6 Å². The molecule has 5 aromatic carbocycles. The average Bonchev–Trinajstić information content (AvgIpc) is 3.97. The molecule has 1 aliphatic heterocycles. The second kappa shape index (κ2) is 28.0. The molecule has 18 heteroatoms. The molecule has 0 bridgehead atoms. The van der Waals surface area contributed by atoms with E-state index < -0.39 is 53.5 Å². The summed E-state index contributed by atoms with van der Waals surface area (Å²) in [6.07, 6.45) is 5.25. The van der Waals surface area contributed by atoms with Crippen LogP contribution in [0.1, 0.15) is 42.6 Å². The van der Waals surface area contributed by atoms with Crippen LogP contribution in [0.5, 0.6) is 0 Å². The number of ether oxygens (including phenoxy) is 2. The van der Waals surface area contributed by atoms with Crippen molar-refractivity contribution in [2.75, 3.05) is 19.8 Å². The van der Waals surface area contributed by atoms with Crippen molar-refractivity contribution in [1.29, 1.82) is 0 Å². The molecule has 9 nitrogen and oxygen atoms in total. The summed E-state index contributed by atoms with van der Waals surface area (Å²) in [7, 11) is 0. The second-order valence-corrected chi connectivity index (χ2v) is 20.0. The lowest BCUT2D eigenvalue weighted by molar-refractivity contribution is -0.150. The van der Waals surface area contributed by atoms with Crippen molar-refractivity contribution >= 4 is 111 Å². The van der Waals surface area contributed by atoms with E-state index in [1.807, 2.05) is 91.0 Å². The Balaban J connectivity index is 0.000000196. The highest BCUT2D eigenvalue weighted by atomic mass is 35.5. The number of hydrogen-bond acceptors (Lipinski definition) is 9. The number of pyridine rings is 2. The quantitative estimate of drug-likeness (QED) is 0.0223. The van der Waals surface area contributed by atoms with E-state index in [0.29, 0.717) is 18.4 Å². The molecule has 0 atom stereocenters. The predicted molar refractivity (Wildman–Crippen MR) is 282 cm³/mol. The summed E-state index contributed by atoms with van der Waals surface area (Å²) in [6, 6.07) is 38.3. The summed E-state index contributed by atoms with van der Waals surface area (Å²) in [5, 5.41) is 2.85. The maximum absolute atomic E-state index is 14.0. The van der Waals surface area contributed by atoms with E-state index >= 15 is 0 Å². The fourth-order valence-electron chi connectivity index (χ4n) is 7.00.